The first-order valence-electron chi connectivity index (χ1n) is 3.03. The van der Waals surface area contributed by atoms with Gasteiger partial charge in [0.15, 0.2) is 0 Å². The summed E-state index contributed by atoms with van der Waals surface area (Å²) in [6.45, 7) is 3.59. The van der Waals surface area contributed by atoms with Gasteiger partial charge in [0.25, 0.3) is 0 Å². The van der Waals surface area contributed by atoms with Crippen molar-refractivity contribution in [2.24, 2.45) is 0 Å². The van der Waals surface area contributed by atoms with Gasteiger partial charge in [0.1, 0.15) is 0 Å². The van der Waals surface area contributed by atoms with E-state index in [4.69, 9.17) is 5.11 Å². The van der Waals surface area contributed by atoms with E-state index in [9.17, 15) is 4.79 Å². The number of nitrogens with zero attached hydrogens (tertiary/aromatic N) is 1. The molecule has 1 radical (unpaired) electrons. The van der Waals surface area contributed by atoms with E-state index >= 15 is 0 Å². The number of carboxylic acid groups (broad SMARTS) is 1. The Bertz CT molecular complexity index is 114. The Morgan fingerprint density at radius 1 is 1.80 bits per heavy atom. The Balaban J connectivity index is 3.71. The summed E-state index contributed by atoms with van der Waals surface area (Å²) in [7, 11) is 3.59. The number of rotatable bonds is 3. The van der Waals surface area contributed by atoms with Gasteiger partial charge in [-0.2, -0.15) is 0 Å². The van der Waals surface area contributed by atoms with Crippen molar-refractivity contribution in [1.82, 2.24) is 10.2 Å². The maximum absolute atomic E-state index is 10.1. The van der Waals surface area contributed by atoms with Gasteiger partial charge in [-0.25, -0.2) is 4.79 Å². The van der Waals surface area contributed by atoms with Crippen LogP contribution < -0.4 is 5.32 Å². The summed E-state index contributed by atoms with van der Waals surface area (Å²) in [5.41, 5.74) is 0. The zero-order valence-electron chi connectivity index (χ0n) is 6.29. The minimum absolute atomic E-state index is 0.183. The van der Waals surface area contributed by atoms with Gasteiger partial charge in [-0.05, 0) is 27.4 Å². The molecule has 0 rings (SSSR count). The van der Waals surface area contributed by atoms with Crippen LogP contribution in [0.3, 0.4) is 0 Å². The summed E-state index contributed by atoms with van der Waals surface area (Å²) in [5.74, 6) is 0. The fraction of sp³-hybridized carbons (Fsp3) is 0.667. The lowest BCUT2D eigenvalue weighted by Gasteiger charge is -2.21. The fourth-order valence-electron chi connectivity index (χ4n) is 0.602. The average molecular weight is 145 g/mol. The predicted octanol–water partition coefficient (Wildman–Crippen LogP) is 0.366. The van der Waals surface area contributed by atoms with Crippen molar-refractivity contribution in [3.63, 3.8) is 0 Å². The van der Waals surface area contributed by atoms with Gasteiger partial charge in [-0.3, -0.25) is 4.90 Å². The van der Waals surface area contributed by atoms with Crippen LogP contribution in [0.15, 0.2) is 0 Å². The van der Waals surface area contributed by atoms with Gasteiger partial charge >= 0.3 is 6.09 Å². The molecule has 4 heteroatoms. The van der Waals surface area contributed by atoms with Crippen molar-refractivity contribution >= 4 is 6.09 Å². The fourth-order valence-corrected chi connectivity index (χ4v) is 0.602. The first kappa shape index (κ1) is 9.23. The van der Waals surface area contributed by atoms with Crippen LogP contribution in [-0.2, 0) is 0 Å². The second-order valence-corrected chi connectivity index (χ2v) is 2.22. The van der Waals surface area contributed by atoms with Crippen molar-refractivity contribution in [3.8, 4) is 0 Å². The van der Waals surface area contributed by atoms with Crippen LogP contribution in [-0.4, -0.2) is 36.4 Å². The van der Waals surface area contributed by atoms with E-state index in [0.29, 0.717) is 6.42 Å². The van der Waals surface area contributed by atoms with Gasteiger partial charge < -0.3 is 10.4 Å². The molecule has 2 N–H and O–H groups in total. The van der Waals surface area contributed by atoms with Crippen molar-refractivity contribution in [2.75, 3.05) is 14.1 Å². The Kier molecular flexibility index (Phi) is 3.79. The van der Waals surface area contributed by atoms with E-state index in [1.807, 2.05) is 0 Å². The van der Waals surface area contributed by atoms with Gasteiger partial charge in [-0.1, -0.05) is 0 Å². The Labute approximate surface area is 60.8 Å². The molecule has 0 fully saturated rings. The predicted molar refractivity (Wildman–Crippen MR) is 38.6 cm³/mol. The smallest absolute Gasteiger partial charge is 0.405 e. The van der Waals surface area contributed by atoms with Crippen LogP contribution in [0.25, 0.3) is 0 Å². The molecule has 1 atom stereocenters. The minimum Gasteiger partial charge on any atom is -0.465 e. The Morgan fingerprint density at radius 3 is 2.40 bits per heavy atom. The molecule has 0 heterocycles. The van der Waals surface area contributed by atoms with E-state index in [-0.39, 0.29) is 6.17 Å². The lowest BCUT2D eigenvalue weighted by molar-refractivity contribution is 0.169. The molecule has 4 nitrogen and oxygen atoms in total. The molecule has 0 aliphatic carbocycles. The van der Waals surface area contributed by atoms with Crippen LogP contribution in [0.5, 0.6) is 0 Å². The maximum atomic E-state index is 10.1. The third-order valence-corrected chi connectivity index (χ3v) is 1.19. The quantitative estimate of drug-likeness (QED) is 0.564. The molecule has 0 aliphatic rings. The minimum atomic E-state index is -1.01. The first-order chi connectivity index (χ1) is 4.57. The zero-order chi connectivity index (χ0) is 8.15. The highest BCUT2D eigenvalue weighted by molar-refractivity contribution is 5.64. The molecule has 0 aromatic carbocycles. The Hall–Kier alpha value is -0.770. The number of amides is 1. The standard InChI is InChI=1S/C6H13N2O2/c1-4-5(8(2)3)7-6(9)10/h5,7H,1,4H2,2-3H3,(H,9,10). The molecule has 0 saturated carbocycles. The van der Waals surface area contributed by atoms with Crippen LogP contribution >= 0.6 is 0 Å². The summed E-state index contributed by atoms with van der Waals surface area (Å²) in [6, 6.07) is 0. The highest BCUT2D eigenvalue weighted by Gasteiger charge is 2.09. The number of hydrogen-bond donors (Lipinski definition) is 2. The van der Waals surface area contributed by atoms with Gasteiger partial charge in [0.05, 0.1) is 6.17 Å². The normalized spacial score (nSPS) is 13.2. The van der Waals surface area contributed by atoms with Crippen LogP contribution in [0.4, 0.5) is 4.79 Å². The van der Waals surface area contributed by atoms with E-state index in [0.717, 1.165) is 0 Å². The molecule has 1 unspecified atom stereocenters. The highest BCUT2D eigenvalue weighted by Crippen LogP contribution is 1.92. The van der Waals surface area contributed by atoms with E-state index < -0.39 is 6.09 Å². The van der Waals surface area contributed by atoms with Crippen molar-refractivity contribution < 1.29 is 9.90 Å². The molecule has 0 spiro atoms. The SMILES string of the molecule is [CH2]CC(NC(=O)O)N(C)C. The third kappa shape index (κ3) is 3.29. The van der Waals surface area contributed by atoms with Crippen molar-refractivity contribution in [3.05, 3.63) is 6.92 Å². The monoisotopic (exact) mass is 145 g/mol. The summed E-state index contributed by atoms with van der Waals surface area (Å²) in [5, 5.41) is 10.6. The lowest BCUT2D eigenvalue weighted by Crippen LogP contribution is -2.43. The highest BCUT2D eigenvalue weighted by atomic mass is 16.4. The molecule has 0 bridgehead atoms. The number of nitrogens with one attached hydrogen (secondary N) is 1. The first-order valence-corrected chi connectivity index (χ1v) is 3.03. The molecule has 59 valence electrons. The van der Waals surface area contributed by atoms with Crippen molar-refractivity contribution in [2.45, 2.75) is 12.6 Å². The second-order valence-electron chi connectivity index (χ2n) is 2.22. The average Bonchev–Trinajstić information content (AvgIpc) is 1.81. The Morgan fingerprint density at radius 2 is 2.30 bits per heavy atom. The van der Waals surface area contributed by atoms with Gasteiger partial charge in [0.2, 0.25) is 0 Å². The molecule has 0 aliphatic heterocycles. The molecular weight excluding hydrogens is 132 g/mol. The topological polar surface area (TPSA) is 52.6 Å². The van der Waals surface area contributed by atoms with Crippen molar-refractivity contribution in [1.29, 1.82) is 0 Å². The molecule has 10 heavy (non-hydrogen) atoms. The third-order valence-electron chi connectivity index (χ3n) is 1.19. The van der Waals surface area contributed by atoms with E-state index in [2.05, 4.69) is 12.2 Å². The zero-order valence-corrected chi connectivity index (χ0v) is 6.29. The number of hydrogen-bond acceptors (Lipinski definition) is 2. The summed E-state index contributed by atoms with van der Waals surface area (Å²) < 4.78 is 0. The number of carbonyl (C=O) groups is 1. The molecule has 0 saturated heterocycles. The maximum Gasteiger partial charge on any atom is 0.405 e. The van der Waals surface area contributed by atoms with Gasteiger partial charge in [0, 0.05) is 0 Å². The summed E-state index contributed by atoms with van der Waals surface area (Å²) >= 11 is 0. The van der Waals surface area contributed by atoms with Crippen LogP contribution in [0.1, 0.15) is 6.42 Å². The molecular formula is C6H13N2O2. The lowest BCUT2D eigenvalue weighted by atomic mass is 10.3. The largest absolute Gasteiger partial charge is 0.465 e. The van der Waals surface area contributed by atoms with E-state index in [1.165, 1.54) is 0 Å². The second kappa shape index (κ2) is 4.11. The summed E-state index contributed by atoms with van der Waals surface area (Å²) in [4.78, 5) is 11.9. The van der Waals surface area contributed by atoms with Crippen LogP contribution in [0, 0.1) is 6.92 Å². The molecule has 0 aromatic rings. The van der Waals surface area contributed by atoms with Crippen LogP contribution in [0.2, 0.25) is 0 Å². The molecule has 1 amide bonds. The summed E-state index contributed by atoms with van der Waals surface area (Å²) in [6.07, 6.45) is -0.668. The van der Waals surface area contributed by atoms with E-state index in [1.54, 1.807) is 19.0 Å². The van der Waals surface area contributed by atoms with Gasteiger partial charge in [-0.15, -0.1) is 0 Å². The molecule has 0 aromatic heterocycles.